The number of amides is 1. The zero-order chi connectivity index (χ0) is 13.1. The number of nitrogens with one attached hydrogen (secondary N) is 1. The standard InChI is InChI=1S/C14H22N2O/c1-5-14(4,6-2)16-13(17)12-9-11(15)8-7-10(12)3/h7-9H,5-6,15H2,1-4H3,(H,16,17). The fraction of sp³-hybridized carbons (Fsp3) is 0.500. The molecule has 94 valence electrons. The summed E-state index contributed by atoms with van der Waals surface area (Å²) in [6.07, 6.45) is 1.83. The van der Waals surface area contributed by atoms with Crippen molar-refractivity contribution in [3.05, 3.63) is 29.3 Å². The minimum atomic E-state index is -0.145. The van der Waals surface area contributed by atoms with Crippen LogP contribution in [0.2, 0.25) is 0 Å². The number of carbonyl (C=O) groups is 1. The summed E-state index contributed by atoms with van der Waals surface area (Å²) < 4.78 is 0. The Hall–Kier alpha value is -1.51. The number of aryl methyl sites for hydroxylation is 1. The summed E-state index contributed by atoms with van der Waals surface area (Å²) >= 11 is 0. The quantitative estimate of drug-likeness (QED) is 0.787. The number of hydrogen-bond acceptors (Lipinski definition) is 2. The molecule has 0 saturated heterocycles. The lowest BCUT2D eigenvalue weighted by molar-refractivity contribution is 0.0900. The minimum absolute atomic E-state index is 0.0407. The van der Waals surface area contributed by atoms with Crippen LogP contribution in [-0.2, 0) is 0 Å². The number of anilines is 1. The highest BCUT2D eigenvalue weighted by Crippen LogP contribution is 2.17. The van der Waals surface area contributed by atoms with E-state index >= 15 is 0 Å². The molecule has 3 nitrogen and oxygen atoms in total. The Bertz CT molecular complexity index is 409. The van der Waals surface area contributed by atoms with E-state index in [1.54, 1.807) is 6.07 Å². The van der Waals surface area contributed by atoms with Gasteiger partial charge in [-0.2, -0.15) is 0 Å². The van der Waals surface area contributed by atoms with Gasteiger partial charge in [0.05, 0.1) is 0 Å². The molecule has 0 heterocycles. The number of benzene rings is 1. The molecule has 0 bridgehead atoms. The second-order valence-electron chi connectivity index (χ2n) is 4.80. The summed E-state index contributed by atoms with van der Waals surface area (Å²) in [7, 11) is 0. The first-order valence-corrected chi connectivity index (χ1v) is 6.10. The zero-order valence-corrected chi connectivity index (χ0v) is 11.1. The smallest absolute Gasteiger partial charge is 0.252 e. The van der Waals surface area contributed by atoms with Crippen molar-refractivity contribution in [1.29, 1.82) is 0 Å². The van der Waals surface area contributed by atoms with Crippen LogP contribution in [0.25, 0.3) is 0 Å². The maximum atomic E-state index is 12.2. The SMILES string of the molecule is CCC(C)(CC)NC(=O)c1cc(N)ccc1C. The van der Waals surface area contributed by atoms with Gasteiger partial charge in [0.15, 0.2) is 0 Å². The van der Waals surface area contributed by atoms with Crippen molar-refractivity contribution < 1.29 is 4.79 Å². The fourth-order valence-corrected chi connectivity index (χ4v) is 1.65. The molecule has 0 aromatic heterocycles. The zero-order valence-electron chi connectivity index (χ0n) is 11.1. The van der Waals surface area contributed by atoms with Gasteiger partial charge in [0.25, 0.3) is 5.91 Å². The van der Waals surface area contributed by atoms with Gasteiger partial charge < -0.3 is 11.1 Å². The molecule has 1 aromatic rings. The van der Waals surface area contributed by atoms with Crippen molar-refractivity contribution in [1.82, 2.24) is 5.32 Å². The summed E-state index contributed by atoms with van der Waals surface area (Å²) in [6.45, 7) is 8.14. The number of carbonyl (C=O) groups excluding carboxylic acids is 1. The summed E-state index contributed by atoms with van der Waals surface area (Å²) in [4.78, 5) is 12.2. The van der Waals surface area contributed by atoms with Crippen LogP contribution >= 0.6 is 0 Å². The average Bonchev–Trinajstić information content (AvgIpc) is 2.32. The van der Waals surface area contributed by atoms with Crippen LogP contribution in [0.1, 0.15) is 49.5 Å². The molecule has 3 N–H and O–H groups in total. The predicted molar refractivity (Wildman–Crippen MR) is 72.0 cm³/mol. The van der Waals surface area contributed by atoms with Gasteiger partial charge in [-0.1, -0.05) is 19.9 Å². The van der Waals surface area contributed by atoms with Crippen molar-refractivity contribution in [2.24, 2.45) is 0 Å². The first kappa shape index (κ1) is 13.6. The van der Waals surface area contributed by atoms with Crippen LogP contribution in [0.3, 0.4) is 0 Å². The first-order valence-electron chi connectivity index (χ1n) is 6.10. The summed E-state index contributed by atoms with van der Waals surface area (Å²) in [5.74, 6) is -0.0407. The van der Waals surface area contributed by atoms with Gasteiger partial charge in [-0.25, -0.2) is 0 Å². The van der Waals surface area contributed by atoms with Crippen molar-refractivity contribution in [2.45, 2.75) is 46.1 Å². The Kier molecular flexibility index (Phi) is 4.16. The molecule has 0 atom stereocenters. The fourth-order valence-electron chi connectivity index (χ4n) is 1.65. The van der Waals surface area contributed by atoms with Gasteiger partial charge in [-0.05, 0) is 44.4 Å². The number of nitrogens with two attached hydrogens (primary N) is 1. The van der Waals surface area contributed by atoms with E-state index in [1.165, 1.54) is 0 Å². The lowest BCUT2D eigenvalue weighted by atomic mass is 9.94. The van der Waals surface area contributed by atoms with Gasteiger partial charge >= 0.3 is 0 Å². The Morgan fingerprint density at radius 2 is 1.94 bits per heavy atom. The second kappa shape index (κ2) is 5.21. The van der Waals surface area contributed by atoms with Crippen molar-refractivity contribution >= 4 is 11.6 Å². The molecule has 0 saturated carbocycles. The predicted octanol–water partition coefficient (Wildman–Crippen LogP) is 2.89. The molecule has 17 heavy (non-hydrogen) atoms. The third kappa shape index (κ3) is 3.22. The maximum Gasteiger partial charge on any atom is 0.252 e. The summed E-state index contributed by atoms with van der Waals surface area (Å²) in [5.41, 5.74) is 7.81. The molecule has 3 heteroatoms. The van der Waals surface area contributed by atoms with E-state index in [9.17, 15) is 4.79 Å². The highest BCUT2D eigenvalue weighted by molar-refractivity contribution is 5.96. The van der Waals surface area contributed by atoms with E-state index in [0.29, 0.717) is 11.3 Å². The largest absolute Gasteiger partial charge is 0.399 e. The average molecular weight is 234 g/mol. The molecular weight excluding hydrogens is 212 g/mol. The third-order valence-corrected chi connectivity index (χ3v) is 3.48. The Morgan fingerprint density at radius 1 is 1.35 bits per heavy atom. The molecule has 0 fully saturated rings. The molecule has 1 aromatic carbocycles. The van der Waals surface area contributed by atoms with E-state index in [0.717, 1.165) is 18.4 Å². The minimum Gasteiger partial charge on any atom is -0.399 e. The molecule has 1 rings (SSSR count). The lowest BCUT2D eigenvalue weighted by Crippen LogP contribution is -2.45. The highest BCUT2D eigenvalue weighted by Gasteiger charge is 2.23. The monoisotopic (exact) mass is 234 g/mol. The van der Waals surface area contributed by atoms with Crippen LogP contribution in [0.5, 0.6) is 0 Å². The molecule has 0 aliphatic rings. The van der Waals surface area contributed by atoms with Gasteiger partial charge in [0.2, 0.25) is 0 Å². The molecule has 0 aliphatic carbocycles. The van der Waals surface area contributed by atoms with Crippen LogP contribution in [0.15, 0.2) is 18.2 Å². The van der Waals surface area contributed by atoms with E-state index in [4.69, 9.17) is 5.73 Å². The van der Waals surface area contributed by atoms with Gasteiger partial charge in [0, 0.05) is 16.8 Å². The molecule has 0 aliphatic heterocycles. The molecule has 1 amide bonds. The van der Waals surface area contributed by atoms with Crippen molar-refractivity contribution in [3.63, 3.8) is 0 Å². The van der Waals surface area contributed by atoms with Crippen LogP contribution in [-0.4, -0.2) is 11.4 Å². The van der Waals surface area contributed by atoms with E-state index < -0.39 is 0 Å². The lowest BCUT2D eigenvalue weighted by Gasteiger charge is -2.28. The van der Waals surface area contributed by atoms with Crippen LogP contribution in [0, 0.1) is 6.92 Å². The van der Waals surface area contributed by atoms with Gasteiger partial charge in [-0.15, -0.1) is 0 Å². The molecule has 0 spiro atoms. The first-order chi connectivity index (χ1) is 7.91. The van der Waals surface area contributed by atoms with Crippen LogP contribution < -0.4 is 11.1 Å². The number of rotatable bonds is 4. The Labute approximate surface area is 103 Å². The highest BCUT2D eigenvalue weighted by atomic mass is 16.1. The van der Waals surface area contributed by atoms with Crippen molar-refractivity contribution in [3.8, 4) is 0 Å². The summed E-state index contributed by atoms with van der Waals surface area (Å²) in [5, 5.41) is 3.08. The van der Waals surface area contributed by atoms with Crippen LogP contribution in [0.4, 0.5) is 5.69 Å². The Morgan fingerprint density at radius 3 is 2.47 bits per heavy atom. The third-order valence-electron chi connectivity index (χ3n) is 3.48. The maximum absolute atomic E-state index is 12.2. The topological polar surface area (TPSA) is 55.1 Å². The Balaban J connectivity index is 2.94. The molecule has 0 radical (unpaired) electrons. The van der Waals surface area contributed by atoms with E-state index in [-0.39, 0.29) is 11.4 Å². The normalized spacial score (nSPS) is 11.3. The van der Waals surface area contributed by atoms with Crippen molar-refractivity contribution in [2.75, 3.05) is 5.73 Å². The summed E-state index contributed by atoms with van der Waals surface area (Å²) in [6, 6.07) is 5.42. The van der Waals surface area contributed by atoms with Gasteiger partial charge in [0.1, 0.15) is 0 Å². The number of nitrogen functional groups attached to an aromatic ring is 1. The van der Waals surface area contributed by atoms with Gasteiger partial charge in [-0.3, -0.25) is 4.79 Å². The second-order valence-corrected chi connectivity index (χ2v) is 4.80. The molecular formula is C14H22N2O. The molecule has 0 unspecified atom stereocenters. The van der Waals surface area contributed by atoms with E-state index in [2.05, 4.69) is 26.1 Å². The number of hydrogen-bond donors (Lipinski definition) is 2. The van der Waals surface area contributed by atoms with E-state index in [1.807, 2.05) is 19.1 Å².